The zero-order chi connectivity index (χ0) is 19.7. The first kappa shape index (κ1) is 21.1. The van der Waals surface area contributed by atoms with E-state index in [9.17, 15) is 4.79 Å². The van der Waals surface area contributed by atoms with E-state index in [-0.39, 0.29) is 23.7 Å². The highest BCUT2D eigenvalue weighted by molar-refractivity contribution is 6.00. The Bertz CT molecular complexity index is 999. The molecule has 1 saturated heterocycles. The highest BCUT2D eigenvalue weighted by Gasteiger charge is 2.36. The number of halogens is 1. The van der Waals surface area contributed by atoms with Gasteiger partial charge >= 0.3 is 0 Å². The lowest BCUT2D eigenvalue weighted by molar-refractivity contribution is 0.0777. The van der Waals surface area contributed by atoms with E-state index in [0.29, 0.717) is 35.9 Å². The number of nitrogens with two attached hydrogens (primary N) is 1. The van der Waals surface area contributed by atoms with Gasteiger partial charge in [0.05, 0.1) is 11.8 Å². The lowest BCUT2D eigenvalue weighted by Crippen LogP contribution is -2.34. The molecule has 3 aromatic rings. The zero-order valence-corrected chi connectivity index (χ0v) is 17.5. The second kappa shape index (κ2) is 8.39. The first-order valence-corrected chi connectivity index (χ1v) is 9.61. The number of hydrogen-bond donors (Lipinski definition) is 1. The Hall–Kier alpha value is -2.63. The Labute approximate surface area is 177 Å². The largest absolute Gasteiger partial charge is 0.436 e. The second-order valence-electron chi connectivity index (χ2n) is 7.93. The standard InChI is InChI=1S/C23H25N3O2.ClH/c1-16-7-9-17(10-8-16)20-13-25-21(28-20)18-5-3-4-6-19(18)22(27)26-12-11-23(2,14-24)15-26;/h3-10,13H,11-12,14-15,24H2,1-2H3;1H. The van der Waals surface area contributed by atoms with Gasteiger partial charge in [-0.05, 0) is 37.4 Å². The normalized spacial score (nSPS) is 18.5. The summed E-state index contributed by atoms with van der Waals surface area (Å²) in [4.78, 5) is 19.5. The van der Waals surface area contributed by atoms with Crippen molar-refractivity contribution in [2.45, 2.75) is 20.3 Å². The van der Waals surface area contributed by atoms with E-state index >= 15 is 0 Å². The number of carbonyl (C=O) groups excluding carboxylic acids is 1. The summed E-state index contributed by atoms with van der Waals surface area (Å²) in [6.07, 6.45) is 2.64. The first-order valence-electron chi connectivity index (χ1n) is 9.61. The number of carbonyl (C=O) groups is 1. The third-order valence-corrected chi connectivity index (χ3v) is 5.57. The van der Waals surface area contributed by atoms with Crippen LogP contribution in [0.25, 0.3) is 22.8 Å². The minimum atomic E-state index is -0.00779. The summed E-state index contributed by atoms with van der Waals surface area (Å²) in [5.74, 6) is 1.15. The predicted molar refractivity (Wildman–Crippen MR) is 117 cm³/mol. The first-order chi connectivity index (χ1) is 13.5. The van der Waals surface area contributed by atoms with Gasteiger partial charge in [0.1, 0.15) is 0 Å². The fourth-order valence-corrected chi connectivity index (χ4v) is 3.64. The van der Waals surface area contributed by atoms with E-state index in [4.69, 9.17) is 10.2 Å². The average Bonchev–Trinajstić information content (AvgIpc) is 3.36. The van der Waals surface area contributed by atoms with Gasteiger partial charge in [0.25, 0.3) is 5.91 Å². The van der Waals surface area contributed by atoms with Gasteiger partial charge in [-0.3, -0.25) is 4.79 Å². The molecule has 1 fully saturated rings. The summed E-state index contributed by atoms with van der Waals surface area (Å²) in [5.41, 5.74) is 9.37. The van der Waals surface area contributed by atoms with E-state index in [1.54, 1.807) is 6.20 Å². The molecule has 2 N–H and O–H groups in total. The van der Waals surface area contributed by atoms with Gasteiger partial charge in [0.2, 0.25) is 5.89 Å². The second-order valence-corrected chi connectivity index (χ2v) is 7.93. The molecule has 29 heavy (non-hydrogen) atoms. The van der Waals surface area contributed by atoms with Crippen LogP contribution in [0.1, 0.15) is 29.3 Å². The molecule has 1 aliphatic heterocycles. The van der Waals surface area contributed by atoms with Gasteiger partial charge in [-0.1, -0.05) is 48.9 Å². The Balaban J connectivity index is 0.00000240. The average molecular weight is 412 g/mol. The summed E-state index contributed by atoms with van der Waals surface area (Å²) in [6.45, 7) is 6.16. The van der Waals surface area contributed by atoms with Crippen molar-refractivity contribution < 1.29 is 9.21 Å². The van der Waals surface area contributed by atoms with Gasteiger partial charge in [0, 0.05) is 24.2 Å². The van der Waals surface area contributed by atoms with E-state index in [2.05, 4.69) is 11.9 Å². The number of oxazole rings is 1. The number of likely N-dealkylation sites (tertiary alicyclic amines) is 1. The molecule has 6 heteroatoms. The molecule has 0 aliphatic carbocycles. The minimum absolute atomic E-state index is 0. The topological polar surface area (TPSA) is 72.4 Å². The Morgan fingerprint density at radius 1 is 1.21 bits per heavy atom. The fourth-order valence-electron chi connectivity index (χ4n) is 3.64. The molecule has 1 unspecified atom stereocenters. The van der Waals surface area contributed by atoms with E-state index in [0.717, 1.165) is 18.5 Å². The highest BCUT2D eigenvalue weighted by atomic mass is 35.5. The zero-order valence-electron chi connectivity index (χ0n) is 16.7. The van der Waals surface area contributed by atoms with E-state index < -0.39 is 0 Å². The molecular weight excluding hydrogens is 386 g/mol. The molecule has 0 radical (unpaired) electrons. The Morgan fingerprint density at radius 2 is 1.93 bits per heavy atom. The van der Waals surface area contributed by atoms with Crippen molar-refractivity contribution in [3.05, 3.63) is 65.9 Å². The number of benzene rings is 2. The van der Waals surface area contributed by atoms with Crippen molar-refractivity contribution in [2.75, 3.05) is 19.6 Å². The van der Waals surface area contributed by atoms with Crippen LogP contribution in [-0.4, -0.2) is 35.4 Å². The Morgan fingerprint density at radius 3 is 2.62 bits per heavy atom. The maximum Gasteiger partial charge on any atom is 0.254 e. The molecule has 152 valence electrons. The van der Waals surface area contributed by atoms with Crippen LogP contribution in [0.15, 0.2) is 59.1 Å². The van der Waals surface area contributed by atoms with Crippen LogP contribution in [0.3, 0.4) is 0 Å². The summed E-state index contributed by atoms with van der Waals surface area (Å²) < 4.78 is 6.01. The van der Waals surface area contributed by atoms with Crippen LogP contribution in [0.2, 0.25) is 0 Å². The minimum Gasteiger partial charge on any atom is -0.436 e. The van der Waals surface area contributed by atoms with Crippen LogP contribution in [-0.2, 0) is 0 Å². The lowest BCUT2D eigenvalue weighted by Gasteiger charge is -2.23. The third kappa shape index (κ3) is 4.21. The molecule has 1 aliphatic rings. The molecule has 1 aromatic heterocycles. The summed E-state index contributed by atoms with van der Waals surface area (Å²) >= 11 is 0. The summed E-state index contributed by atoms with van der Waals surface area (Å²) in [5, 5.41) is 0. The molecule has 4 rings (SSSR count). The van der Waals surface area contributed by atoms with Crippen molar-refractivity contribution in [2.24, 2.45) is 11.1 Å². The number of nitrogens with zero attached hydrogens (tertiary/aromatic N) is 2. The SMILES string of the molecule is Cc1ccc(-c2cnc(-c3ccccc3C(=O)N3CCC(C)(CN)C3)o2)cc1.Cl. The van der Waals surface area contributed by atoms with Crippen molar-refractivity contribution in [1.29, 1.82) is 0 Å². The monoisotopic (exact) mass is 411 g/mol. The van der Waals surface area contributed by atoms with Gasteiger partial charge in [0.15, 0.2) is 5.76 Å². The van der Waals surface area contributed by atoms with E-state index in [1.165, 1.54) is 5.56 Å². The van der Waals surface area contributed by atoms with Crippen LogP contribution < -0.4 is 5.73 Å². The van der Waals surface area contributed by atoms with E-state index in [1.807, 2.05) is 60.4 Å². The number of rotatable bonds is 4. The number of aryl methyl sites for hydroxylation is 1. The molecule has 0 saturated carbocycles. The quantitative estimate of drug-likeness (QED) is 0.683. The third-order valence-electron chi connectivity index (χ3n) is 5.57. The number of hydrogen-bond acceptors (Lipinski definition) is 4. The number of aromatic nitrogens is 1. The molecule has 2 aromatic carbocycles. The van der Waals surface area contributed by atoms with Crippen LogP contribution >= 0.6 is 12.4 Å². The van der Waals surface area contributed by atoms with Gasteiger partial charge in [-0.25, -0.2) is 4.98 Å². The molecule has 1 amide bonds. The highest BCUT2D eigenvalue weighted by Crippen LogP contribution is 2.32. The van der Waals surface area contributed by atoms with Gasteiger partial charge in [-0.15, -0.1) is 12.4 Å². The van der Waals surface area contributed by atoms with Gasteiger partial charge < -0.3 is 15.1 Å². The molecular formula is C23H26ClN3O2. The van der Waals surface area contributed by atoms with Crippen molar-refractivity contribution >= 4 is 18.3 Å². The van der Waals surface area contributed by atoms with Crippen LogP contribution in [0, 0.1) is 12.3 Å². The maximum atomic E-state index is 13.2. The van der Waals surface area contributed by atoms with Crippen molar-refractivity contribution in [3.63, 3.8) is 0 Å². The van der Waals surface area contributed by atoms with Gasteiger partial charge in [-0.2, -0.15) is 0 Å². The summed E-state index contributed by atoms with van der Waals surface area (Å²) in [6, 6.07) is 15.6. The van der Waals surface area contributed by atoms with Crippen LogP contribution in [0.5, 0.6) is 0 Å². The Kier molecular flexibility index (Phi) is 6.10. The lowest BCUT2D eigenvalue weighted by atomic mass is 9.90. The predicted octanol–water partition coefficient (Wildman–Crippen LogP) is 4.55. The molecule has 0 spiro atoms. The fraction of sp³-hybridized carbons (Fsp3) is 0.304. The van der Waals surface area contributed by atoms with Crippen LogP contribution in [0.4, 0.5) is 0 Å². The molecule has 5 nitrogen and oxygen atoms in total. The number of amides is 1. The summed E-state index contributed by atoms with van der Waals surface area (Å²) in [7, 11) is 0. The smallest absolute Gasteiger partial charge is 0.254 e. The maximum absolute atomic E-state index is 13.2. The molecule has 0 bridgehead atoms. The van der Waals surface area contributed by atoms with Crippen molar-refractivity contribution in [1.82, 2.24) is 9.88 Å². The van der Waals surface area contributed by atoms with Crippen molar-refractivity contribution in [3.8, 4) is 22.8 Å². The molecule has 2 heterocycles. The molecule has 1 atom stereocenters.